The van der Waals surface area contributed by atoms with Gasteiger partial charge >= 0.3 is 6.03 Å². The Balaban J connectivity index is 1.60. The lowest BCUT2D eigenvalue weighted by molar-refractivity contribution is 0.0972. The molecule has 2 N–H and O–H groups in total. The molecule has 5 nitrogen and oxygen atoms in total. The van der Waals surface area contributed by atoms with Gasteiger partial charge in [-0.25, -0.2) is 4.79 Å². The molecule has 5 heteroatoms. The highest BCUT2D eigenvalue weighted by Gasteiger charge is 2.49. The number of urea groups is 1. The predicted octanol–water partition coefficient (Wildman–Crippen LogP) is 3.88. The zero-order chi connectivity index (χ0) is 16.8. The van der Waals surface area contributed by atoms with Gasteiger partial charge in [-0.15, -0.1) is 0 Å². The number of rotatable bonds is 4. The number of anilines is 1. The Hall–Kier alpha value is -1.52. The van der Waals surface area contributed by atoms with E-state index in [4.69, 9.17) is 0 Å². The van der Waals surface area contributed by atoms with Crippen molar-refractivity contribution in [2.75, 3.05) is 11.9 Å². The molecule has 0 bridgehead atoms. The lowest BCUT2D eigenvalue weighted by Gasteiger charge is -2.41. The van der Waals surface area contributed by atoms with Gasteiger partial charge in [0.05, 0.1) is 11.4 Å². The highest BCUT2D eigenvalue weighted by Crippen LogP contribution is 2.55. The molecule has 1 aromatic heterocycles. The molecule has 2 atom stereocenters. The topological polar surface area (TPSA) is 59.0 Å². The van der Waals surface area contributed by atoms with Crippen LogP contribution >= 0.6 is 0 Å². The fraction of sp³-hybridized carbons (Fsp3) is 0.778. The van der Waals surface area contributed by atoms with Gasteiger partial charge in [-0.1, -0.05) is 27.7 Å². The van der Waals surface area contributed by atoms with Crippen LogP contribution in [-0.4, -0.2) is 22.4 Å². The molecule has 2 aliphatic rings. The zero-order valence-corrected chi connectivity index (χ0v) is 15.1. The van der Waals surface area contributed by atoms with Crippen LogP contribution in [0.15, 0.2) is 6.20 Å². The number of aromatic nitrogens is 2. The molecule has 0 aromatic carbocycles. The molecule has 0 spiro atoms. The molecule has 2 fully saturated rings. The summed E-state index contributed by atoms with van der Waals surface area (Å²) in [5, 5.41) is 10.6. The number of aryl methyl sites for hydroxylation is 1. The van der Waals surface area contributed by atoms with Crippen LogP contribution in [0.2, 0.25) is 0 Å². The second-order valence-corrected chi connectivity index (χ2v) is 8.41. The summed E-state index contributed by atoms with van der Waals surface area (Å²) in [5.74, 6) is 1.22. The van der Waals surface area contributed by atoms with Crippen LogP contribution in [-0.2, 0) is 7.05 Å². The van der Waals surface area contributed by atoms with E-state index in [1.165, 1.54) is 25.7 Å². The summed E-state index contributed by atoms with van der Waals surface area (Å²) in [7, 11) is 1.90. The molecule has 3 rings (SSSR count). The molecule has 2 saturated carbocycles. The van der Waals surface area contributed by atoms with Crippen molar-refractivity contribution in [3.63, 3.8) is 0 Å². The third-order valence-corrected chi connectivity index (χ3v) is 6.63. The Morgan fingerprint density at radius 1 is 1.35 bits per heavy atom. The van der Waals surface area contributed by atoms with E-state index in [0.717, 1.165) is 17.9 Å². The van der Waals surface area contributed by atoms with E-state index >= 15 is 0 Å². The second-order valence-electron chi connectivity index (χ2n) is 8.41. The summed E-state index contributed by atoms with van der Waals surface area (Å²) >= 11 is 0. The zero-order valence-electron chi connectivity index (χ0n) is 15.1. The van der Waals surface area contributed by atoms with E-state index in [-0.39, 0.29) is 16.9 Å². The monoisotopic (exact) mass is 318 g/mol. The number of amides is 2. The summed E-state index contributed by atoms with van der Waals surface area (Å²) in [4.78, 5) is 12.3. The van der Waals surface area contributed by atoms with Gasteiger partial charge in [-0.2, -0.15) is 5.10 Å². The Morgan fingerprint density at radius 3 is 2.61 bits per heavy atom. The maximum Gasteiger partial charge on any atom is 0.319 e. The largest absolute Gasteiger partial charge is 0.337 e. The van der Waals surface area contributed by atoms with Crippen LogP contribution in [0.1, 0.15) is 65.0 Å². The molecule has 2 aliphatic carbocycles. The Bertz CT molecular complexity index is 602. The summed E-state index contributed by atoms with van der Waals surface area (Å²) in [6.07, 6.45) is 6.66. The average molecular weight is 318 g/mol. The summed E-state index contributed by atoms with van der Waals surface area (Å²) in [5.41, 5.74) is 2.28. The number of nitrogens with zero attached hydrogens (tertiary/aromatic N) is 2. The van der Waals surface area contributed by atoms with Gasteiger partial charge in [0.1, 0.15) is 0 Å². The van der Waals surface area contributed by atoms with Gasteiger partial charge in [0.15, 0.2) is 0 Å². The van der Waals surface area contributed by atoms with Crippen molar-refractivity contribution in [2.45, 2.75) is 59.3 Å². The maximum atomic E-state index is 12.3. The molecule has 23 heavy (non-hydrogen) atoms. The summed E-state index contributed by atoms with van der Waals surface area (Å²) in [6, 6.07) is -0.114. The van der Waals surface area contributed by atoms with Crippen LogP contribution in [0.25, 0.3) is 0 Å². The number of carbonyl (C=O) groups is 1. The van der Waals surface area contributed by atoms with Crippen molar-refractivity contribution >= 4 is 11.7 Å². The summed E-state index contributed by atoms with van der Waals surface area (Å²) < 4.78 is 1.78. The fourth-order valence-electron chi connectivity index (χ4n) is 3.83. The smallest absolute Gasteiger partial charge is 0.319 e. The van der Waals surface area contributed by atoms with Crippen molar-refractivity contribution in [3.8, 4) is 0 Å². The molecule has 1 heterocycles. The van der Waals surface area contributed by atoms with Crippen molar-refractivity contribution in [3.05, 3.63) is 11.9 Å². The first-order chi connectivity index (χ1) is 10.7. The van der Waals surface area contributed by atoms with Gasteiger partial charge in [0.2, 0.25) is 0 Å². The highest BCUT2D eigenvalue weighted by atomic mass is 16.2. The van der Waals surface area contributed by atoms with E-state index in [1.54, 1.807) is 4.68 Å². The molecule has 0 aliphatic heterocycles. The highest BCUT2D eigenvalue weighted by molar-refractivity contribution is 5.89. The quantitative estimate of drug-likeness (QED) is 0.885. The van der Waals surface area contributed by atoms with Gasteiger partial charge in [-0.3, -0.25) is 4.68 Å². The minimum Gasteiger partial charge on any atom is -0.337 e. The first kappa shape index (κ1) is 16.3. The molecule has 0 radical (unpaired) electrons. The van der Waals surface area contributed by atoms with Gasteiger partial charge in [0, 0.05) is 25.7 Å². The van der Waals surface area contributed by atoms with Crippen LogP contribution in [0, 0.1) is 16.7 Å². The number of hydrogen-bond acceptors (Lipinski definition) is 2. The van der Waals surface area contributed by atoms with Crippen molar-refractivity contribution in [2.24, 2.45) is 23.8 Å². The predicted molar refractivity (Wildman–Crippen MR) is 92.5 cm³/mol. The fourth-order valence-corrected chi connectivity index (χ4v) is 3.83. The molecule has 2 amide bonds. The minimum absolute atomic E-state index is 0.114. The molecule has 128 valence electrons. The van der Waals surface area contributed by atoms with E-state index in [9.17, 15) is 4.79 Å². The number of carbonyl (C=O) groups excluding carboxylic acids is 1. The van der Waals surface area contributed by atoms with Crippen LogP contribution in [0.5, 0.6) is 0 Å². The second kappa shape index (κ2) is 5.53. The van der Waals surface area contributed by atoms with Gasteiger partial charge in [0.25, 0.3) is 0 Å². The Kier molecular flexibility index (Phi) is 3.93. The first-order valence-corrected chi connectivity index (χ1v) is 8.81. The van der Waals surface area contributed by atoms with Crippen LogP contribution in [0.4, 0.5) is 10.5 Å². The number of nitrogens with one attached hydrogen (secondary N) is 2. The maximum absolute atomic E-state index is 12.3. The van der Waals surface area contributed by atoms with Gasteiger partial charge in [-0.05, 0) is 42.4 Å². The van der Waals surface area contributed by atoms with E-state index in [0.29, 0.717) is 11.8 Å². The van der Waals surface area contributed by atoms with Gasteiger partial charge < -0.3 is 10.6 Å². The standard InChI is InChI=1S/C18H30N4O/c1-12-8-9-18(4,17(12,2)3)11-19-16(23)20-14-10-22(5)21-15(14)13-6-7-13/h10,12-13H,6-9,11H2,1-5H3,(H2,19,20,23)/t12-,18-/m0/s1. The van der Waals surface area contributed by atoms with Crippen LogP contribution < -0.4 is 10.6 Å². The Morgan fingerprint density at radius 2 is 2.04 bits per heavy atom. The van der Waals surface area contributed by atoms with Crippen molar-refractivity contribution < 1.29 is 4.79 Å². The SMILES string of the molecule is C[C@H]1CC[C@@](C)(CNC(=O)Nc2cn(C)nc2C2CC2)C1(C)C. The van der Waals surface area contributed by atoms with Crippen molar-refractivity contribution in [1.82, 2.24) is 15.1 Å². The molecule has 0 saturated heterocycles. The van der Waals surface area contributed by atoms with E-state index in [1.807, 2.05) is 13.2 Å². The van der Waals surface area contributed by atoms with Crippen molar-refractivity contribution in [1.29, 1.82) is 0 Å². The summed E-state index contributed by atoms with van der Waals surface area (Å²) in [6.45, 7) is 10.0. The molecular weight excluding hydrogens is 288 g/mol. The third kappa shape index (κ3) is 2.98. The minimum atomic E-state index is -0.114. The normalized spacial score (nSPS) is 29.5. The third-order valence-electron chi connectivity index (χ3n) is 6.63. The number of hydrogen-bond donors (Lipinski definition) is 2. The van der Waals surface area contributed by atoms with E-state index < -0.39 is 0 Å². The lowest BCUT2D eigenvalue weighted by Crippen LogP contribution is -2.44. The first-order valence-electron chi connectivity index (χ1n) is 8.81. The van der Waals surface area contributed by atoms with Crippen LogP contribution in [0.3, 0.4) is 0 Å². The lowest BCUT2D eigenvalue weighted by atomic mass is 9.66. The molecular formula is C18H30N4O. The average Bonchev–Trinajstić information content (AvgIpc) is 3.22. The molecule has 0 unspecified atom stereocenters. The van der Waals surface area contributed by atoms with E-state index in [2.05, 4.69) is 43.4 Å². The molecule has 1 aromatic rings. The Labute approximate surface area is 139 Å².